The summed E-state index contributed by atoms with van der Waals surface area (Å²) < 4.78 is 38.1. The lowest BCUT2D eigenvalue weighted by molar-refractivity contribution is 0.236. The number of fused-ring (bicyclic) bond motifs is 3. The summed E-state index contributed by atoms with van der Waals surface area (Å²) in [6, 6.07) is 6.85. The van der Waals surface area contributed by atoms with Gasteiger partial charge in [0, 0.05) is 48.0 Å². The summed E-state index contributed by atoms with van der Waals surface area (Å²) in [6.07, 6.45) is 7.62. The van der Waals surface area contributed by atoms with E-state index in [0.717, 1.165) is 55.1 Å². The van der Waals surface area contributed by atoms with E-state index >= 15 is 0 Å². The van der Waals surface area contributed by atoms with E-state index < -0.39 is 10.0 Å². The van der Waals surface area contributed by atoms with Gasteiger partial charge >= 0.3 is 0 Å². The van der Waals surface area contributed by atoms with Gasteiger partial charge in [0.15, 0.2) is 11.5 Å². The number of hydrogen-bond donors (Lipinski definition) is 0. The zero-order valence-electron chi connectivity index (χ0n) is 17.6. The van der Waals surface area contributed by atoms with Crippen molar-refractivity contribution in [2.45, 2.75) is 56.7 Å². The third kappa shape index (κ3) is 3.21. The Balaban J connectivity index is 1.49. The van der Waals surface area contributed by atoms with Crippen LogP contribution in [0.5, 0.6) is 11.5 Å². The Bertz CT molecular complexity index is 1040. The summed E-state index contributed by atoms with van der Waals surface area (Å²) in [7, 11) is 0.178. The molecule has 2 bridgehead atoms. The molecule has 1 aromatic carbocycles. The van der Waals surface area contributed by atoms with E-state index in [1.807, 2.05) is 22.6 Å². The maximum absolute atomic E-state index is 12.7. The summed E-state index contributed by atoms with van der Waals surface area (Å²) in [5.74, 6) is 1.67. The molecule has 5 rings (SSSR count). The number of nitrogens with zero attached hydrogens (tertiary/aromatic N) is 3. The predicted octanol–water partition coefficient (Wildman–Crippen LogP) is 3.18. The largest absolute Gasteiger partial charge is 0.493 e. The molecule has 3 fully saturated rings. The summed E-state index contributed by atoms with van der Waals surface area (Å²) in [5, 5.41) is 1.05. The number of hydrogen-bond acceptors (Lipinski definition) is 6. The summed E-state index contributed by atoms with van der Waals surface area (Å²) in [5.41, 5.74) is 2.04. The number of aromatic nitrogens is 1. The maximum atomic E-state index is 12.7. The lowest BCUT2D eigenvalue weighted by atomic mass is 9.95. The minimum absolute atomic E-state index is 0.131. The average molecular weight is 432 g/mol. The fraction of sp³-hybridized carbons (Fsp3) is 0.591. The molecule has 162 valence electrons. The van der Waals surface area contributed by atoms with Crippen LogP contribution >= 0.6 is 0 Å². The Morgan fingerprint density at radius 1 is 1.00 bits per heavy atom. The van der Waals surface area contributed by atoms with Crippen molar-refractivity contribution in [3.8, 4) is 11.5 Å². The Kier molecular flexibility index (Phi) is 5.01. The van der Waals surface area contributed by atoms with Gasteiger partial charge in [-0.3, -0.25) is 4.98 Å². The Hall–Kier alpha value is -2.06. The molecule has 3 aliphatic heterocycles. The zero-order valence-corrected chi connectivity index (χ0v) is 18.4. The van der Waals surface area contributed by atoms with E-state index in [1.54, 1.807) is 14.2 Å². The highest BCUT2D eigenvalue weighted by atomic mass is 32.2. The van der Waals surface area contributed by atoms with Gasteiger partial charge < -0.3 is 14.4 Å². The molecule has 3 aliphatic rings. The molecule has 8 heteroatoms. The lowest BCUT2D eigenvalue weighted by Crippen LogP contribution is -2.53. The molecule has 0 amide bonds. The molecule has 0 saturated carbocycles. The summed E-state index contributed by atoms with van der Waals surface area (Å²) in [6.45, 7) is 0.682. The number of piperidine rings is 1. The molecule has 0 aliphatic carbocycles. The van der Waals surface area contributed by atoms with Crippen molar-refractivity contribution < 1.29 is 17.9 Å². The van der Waals surface area contributed by atoms with Gasteiger partial charge in [0.05, 0.1) is 25.5 Å². The second kappa shape index (κ2) is 7.57. The molecule has 2 atom stereocenters. The fourth-order valence-corrected chi connectivity index (χ4v) is 7.52. The lowest BCUT2D eigenvalue weighted by Gasteiger charge is -2.45. The van der Waals surface area contributed by atoms with Crippen LogP contribution in [0.4, 0.5) is 5.69 Å². The highest BCUT2D eigenvalue weighted by molar-refractivity contribution is 7.89. The van der Waals surface area contributed by atoms with Crippen molar-refractivity contribution in [3.63, 3.8) is 0 Å². The fourth-order valence-electron chi connectivity index (χ4n) is 5.68. The van der Waals surface area contributed by atoms with Crippen molar-refractivity contribution in [1.29, 1.82) is 0 Å². The van der Waals surface area contributed by atoms with Crippen LogP contribution in [-0.4, -0.2) is 62.3 Å². The molecule has 4 heterocycles. The second-order valence-electron chi connectivity index (χ2n) is 8.61. The van der Waals surface area contributed by atoms with E-state index in [4.69, 9.17) is 9.47 Å². The van der Waals surface area contributed by atoms with Crippen LogP contribution in [0.25, 0.3) is 10.9 Å². The van der Waals surface area contributed by atoms with Gasteiger partial charge in [0.25, 0.3) is 0 Å². The topological polar surface area (TPSA) is 72.0 Å². The van der Waals surface area contributed by atoms with E-state index in [1.165, 1.54) is 0 Å². The van der Waals surface area contributed by atoms with Crippen LogP contribution in [0.3, 0.4) is 0 Å². The number of pyridine rings is 1. The first-order chi connectivity index (χ1) is 14.5. The van der Waals surface area contributed by atoms with Gasteiger partial charge in [0.1, 0.15) is 0 Å². The molecular formula is C22H29N3O4S. The van der Waals surface area contributed by atoms with Crippen LogP contribution in [0.15, 0.2) is 24.4 Å². The number of sulfonamides is 1. The Morgan fingerprint density at radius 2 is 1.70 bits per heavy atom. The number of anilines is 1. The van der Waals surface area contributed by atoms with Gasteiger partial charge in [0.2, 0.25) is 10.0 Å². The van der Waals surface area contributed by atoms with Crippen molar-refractivity contribution in [2.75, 3.05) is 31.4 Å². The molecule has 7 nitrogen and oxygen atoms in total. The molecule has 30 heavy (non-hydrogen) atoms. The Labute approximate surface area is 178 Å². The standard InChI is InChI=1S/C22H29N3O4S/c1-28-21-13-18-19(14-22(21)29-2)23-8-7-20(18)25-15-5-6-16(25)12-17(11-15)24-9-3-4-10-30(24,26)27/h7-8,13-17H,3-6,9-12H2,1-2H3. The minimum atomic E-state index is -3.10. The first-order valence-electron chi connectivity index (χ1n) is 10.8. The molecule has 1 aromatic heterocycles. The molecule has 0 radical (unpaired) electrons. The normalized spacial score (nSPS) is 28.6. The van der Waals surface area contributed by atoms with Crippen LogP contribution in [0.1, 0.15) is 38.5 Å². The molecule has 0 spiro atoms. The predicted molar refractivity (Wildman–Crippen MR) is 117 cm³/mol. The smallest absolute Gasteiger partial charge is 0.214 e. The van der Waals surface area contributed by atoms with Gasteiger partial charge in [-0.2, -0.15) is 4.31 Å². The van der Waals surface area contributed by atoms with Crippen LogP contribution in [0.2, 0.25) is 0 Å². The highest BCUT2D eigenvalue weighted by Gasteiger charge is 2.45. The van der Waals surface area contributed by atoms with Gasteiger partial charge in [-0.15, -0.1) is 0 Å². The maximum Gasteiger partial charge on any atom is 0.214 e. The van der Waals surface area contributed by atoms with Crippen LogP contribution in [0, 0.1) is 0 Å². The number of methoxy groups -OCH3 is 2. The monoisotopic (exact) mass is 431 g/mol. The minimum Gasteiger partial charge on any atom is -0.493 e. The van der Waals surface area contributed by atoms with E-state index in [2.05, 4.69) is 16.0 Å². The van der Waals surface area contributed by atoms with Gasteiger partial charge in [-0.05, 0) is 50.7 Å². The van der Waals surface area contributed by atoms with E-state index in [0.29, 0.717) is 35.9 Å². The quantitative estimate of drug-likeness (QED) is 0.740. The summed E-state index contributed by atoms with van der Waals surface area (Å²) >= 11 is 0. The Morgan fingerprint density at radius 3 is 2.37 bits per heavy atom. The number of benzene rings is 1. The molecule has 2 aromatic rings. The SMILES string of the molecule is COc1cc2nccc(N3C4CCC3CC(N3CCCCS3(=O)=O)C4)c2cc1OC. The molecular weight excluding hydrogens is 402 g/mol. The van der Waals surface area contributed by atoms with E-state index in [9.17, 15) is 8.42 Å². The first-order valence-corrected chi connectivity index (χ1v) is 12.4. The first kappa shape index (κ1) is 19.9. The van der Waals surface area contributed by atoms with Crippen LogP contribution in [-0.2, 0) is 10.0 Å². The third-order valence-electron chi connectivity index (χ3n) is 7.01. The van der Waals surface area contributed by atoms with Crippen LogP contribution < -0.4 is 14.4 Å². The van der Waals surface area contributed by atoms with E-state index in [-0.39, 0.29) is 6.04 Å². The molecule has 0 N–H and O–H groups in total. The average Bonchev–Trinajstić information content (AvgIpc) is 3.00. The van der Waals surface area contributed by atoms with Gasteiger partial charge in [-0.1, -0.05) is 0 Å². The van der Waals surface area contributed by atoms with Gasteiger partial charge in [-0.25, -0.2) is 8.42 Å². The van der Waals surface area contributed by atoms with Crippen molar-refractivity contribution in [1.82, 2.24) is 9.29 Å². The molecule has 2 unspecified atom stereocenters. The number of rotatable bonds is 4. The number of ether oxygens (including phenoxy) is 2. The third-order valence-corrected chi connectivity index (χ3v) is 9.01. The van der Waals surface area contributed by atoms with Crippen molar-refractivity contribution in [3.05, 3.63) is 24.4 Å². The highest BCUT2D eigenvalue weighted by Crippen LogP contribution is 2.45. The van der Waals surface area contributed by atoms with Crippen molar-refractivity contribution >= 4 is 26.6 Å². The van der Waals surface area contributed by atoms with Crippen molar-refractivity contribution in [2.24, 2.45) is 0 Å². The zero-order chi connectivity index (χ0) is 20.9. The second-order valence-corrected chi connectivity index (χ2v) is 10.6. The molecule has 3 saturated heterocycles. The summed E-state index contributed by atoms with van der Waals surface area (Å²) in [4.78, 5) is 7.07.